The van der Waals surface area contributed by atoms with Crippen molar-refractivity contribution in [3.63, 3.8) is 0 Å². The van der Waals surface area contributed by atoms with Gasteiger partial charge in [-0.3, -0.25) is 5.43 Å². The fourth-order valence-electron chi connectivity index (χ4n) is 2.40. The highest BCUT2D eigenvalue weighted by atomic mass is 15.4. The molecule has 2 aromatic rings. The molecule has 0 aromatic carbocycles. The van der Waals surface area contributed by atoms with Gasteiger partial charge >= 0.3 is 0 Å². The first-order chi connectivity index (χ1) is 10.3. The highest BCUT2D eigenvalue weighted by molar-refractivity contribution is 5.42. The van der Waals surface area contributed by atoms with Crippen LogP contribution in [0.25, 0.3) is 5.95 Å². The van der Waals surface area contributed by atoms with Crippen molar-refractivity contribution in [1.29, 1.82) is 0 Å². The minimum absolute atomic E-state index is 0.368. The third kappa shape index (κ3) is 2.66. The summed E-state index contributed by atoms with van der Waals surface area (Å²) in [5, 5.41) is 4.17. The van der Waals surface area contributed by atoms with Crippen molar-refractivity contribution in [3.05, 3.63) is 18.5 Å². The summed E-state index contributed by atoms with van der Waals surface area (Å²) in [5.41, 5.74) is 2.52. The molecule has 0 amide bonds. The Morgan fingerprint density at radius 1 is 1.24 bits per heavy atom. The fourth-order valence-corrected chi connectivity index (χ4v) is 2.40. The van der Waals surface area contributed by atoms with Crippen LogP contribution in [0.1, 0.15) is 25.7 Å². The Morgan fingerprint density at radius 2 is 2.10 bits per heavy atom. The summed E-state index contributed by atoms with van der Waals surface area (Å²) >= 11 is 0. The molecule has 8 nitrogen and oxygen atoms in total. The zero-order valence-corrected chi connectivity index (χ0v) is 11.7. The van der Waals surface area contributed by atoms with Crippen LogP contribution in [0.15, 0.2) is 18.5 Å². The van der Waals surface area contributed by atoms with Crippen molar-refractivity contribution in [3.8, 4) is 5.95 Å². The molecule has 2 saturated carbocycles. The molecule has 2 aliphatic carbocycles. The topological polar surface area (TPSA) is 97.8 Å². The summed E-state index contributed by atoms with van der Waals surface area (Å²) in [7, 11) is 0. The third-order valence-corrected chi connectivity index (χ3v) is 3.85. The van der Waals surface area contributed by atoms with Crippen molar-refractivity contribution < 1.29 is 0 Å². The van der Waals surface area contributed by atoms with Crippen molar-refractivity contribution >= 4 is 11.9 Å². The van der Waals surface area contributed by atoms with Gasteiger partial charge in [-0.05, 0) is 37.7 Å². The summed E-state index contributed by atoms with van der Waals surface area (Å²) in [4.78, 5) is 15.6. The quantitative estimate of drug-likeness (QED) is 0.596. The number of hydrazine groups is 1. The van der Waals surface area contributed by atoms with Gasteiger partial charge in [-0.25, -0.2) is 10.5 Å². The van der Waals surface area contributed by atoms with E-state index in [4.69, 9.17) is 5.84 Å². The number of nitrogens with zero attached hydrogens (tertiary/aromatic N) is 6. The molecule has 3 N–H and O–H groups in total. The third-order valence-electron chi connectivity index (χ3n) is 3.85. The van der Waals surface area contributed by atoms with E-state index in [2.05, 4.69) is 30.4 Å². The number of hydrogen-bond donors (Lipinski definition) is 2. The molecule has 0 atom stereocenters. The molecular formula is C13H18N8. The predicted molar refractivity (Wildman–Crippen MR) is 77.9 cm³/mol. The first-order valence-electron chi connectivity index (χ1n) is 7.33. The van der Waals surface area contributed by atoms with Crippen LogP contribution >= 0.6 is 0 Å². The maximum atomic E-state index is 5.50. The summed E-state index contributed by atoms with van der Waals surface area (Å²) in [6, 6.07) is 2.39. The summed E-state index contributed by atoms with van der Waals surface area (Å²) in [6.07, 6.45) is 8.54. The lowest BCUT2D eigenvalue weighted by atomic mass is 10.3. The number of anilines is 2. The van der Waals surface area contributed by atoms with Gasteiger partial charge in [0, 0.05) is 25.0 Å². The largest absolute Gasteiger partial charge is 0.337 e. The van der Waals surface area contributed by atoms with Crippen LogP contribution in [-0.4, -0.2) is 37.3 Å². The molecule has 0 aliphatic heterocycles. The minimum Gasteiger partial charge on any atom is -0.337 e. The van der Waals surface area contributed by atoms with Crippen LogP contribution in [0.4, 0.5) is 11.9 Å². The van der Waals surface area contributed by atoms with Crippen LogP contribution in [0, 0.1) is 5.92 Å². The second kappa shape index (κ2) is 4.96. The van der Waals surface area contributed by atoms with Gasteiger partial charge in [-0.1, -0.05) is 0 Å². The van der Waals surface area contributed by atoms with Crippen molar-refractivity contribution in [2.45, 2.75) is 31.7 Å². The van der Waals surface area contributed by atoms with Gasteiger partial charge in [0.2, 0.25) is 11.9 Å². The monoisotopic (exact) mass is 286 g/mol. The highest BCUT2D eigenvalue weighted by Crippen LogP contribution is 2.36. The molecule has 0 saturated heterocycles. The Morgan fingerprint density at radius 3 is 2.71 bits per heavy atom. The van der Waals surface area contributed by atoms with E-state index in [9.17, 15) is 0 Å². The Balaban J connectivity index is 1.70. The van der Waals surface area contributed by atoms with Crippen molar-refractivity contribution in [1.82, 2.24) is 24.7 Å². The van der Waals surface area contributed by atoms with Gasteiger partial charge in [-0.2, -0.15) is 20.1 Å². The number of nitrogens with one attached hydrogen (secondary N) is 1. The lowest BCUT2D eigenvalue weighted by Gasteiger charge is -2.22. The zero-order chi connectivity index (χ0) is 14.2. The second-order valence-corrected chi connectivity index (χ2v) is 5.68. The fraction of sp³-hybridized carbons (Fsp3) is 0.538. The zero-order valence-electron chi connectivity index (χ0n) is 11.7. The number of nitrogen functional groups attached to an aromatic ring is 1. The van der Waals surface area contributed by atoms with E-state index in [0.29, 0.717) is 23.9 Å². The number of rotatable bonds is 6. The van der Waals surface area contributed by atoms with E-state index in [0.717, 1.165) is 12.5 Å². The lowest BCUT2D eigenvalue weighted by molar-refractivity contribution is 0.686. The molecule has 2 fully saturated rings. The maximum absolute atomic E-state index is 5.50. The second-order valence-electron chi connectivity index (χ2n) is 5.68. The molecule has 0 radical (unpaired) electrons. The van der Waals surface area contributed by atoms with Gasteiger partial charge in [0.25, 0.3) is 5.95 Å². The van der Waals surface area contributed by atoms with Crippen LogP contribution in [0.2, 0.25) is 0 Å². The van der Waals surface area contributed by atoms with Crippen LogP contribution in [0.3, 0.4) is 0 Å². The first kappa shape index (κ1) is 12.5. The average molecular weight is 286 g/mol. The first-order valence-corrected chi connectivity index (χ1v) is 7.33. The average Bonchev–Trinajstić information content (AvgIpc) is 3.44. The number of nitrogens with two attached hydrogens (primary N) is 1. The molecule has 2 heterocycles. The molecule has 21 heavy (non-hydrogen) atoms. The van der Waals surface area contributed by atoms with Crippen LogP contribution in [-0.2, 0) is 0 Å². The molecule has 0 spiro atoms. The maximum Gasteiger partial charge on any atom is 0.257 e. The van der Waals surface area contributed by atoms with Gasteiger partial charge in [0.05, 0.1) is 0 Å². The lowest BCUT2D eigenvalue weighted by Crippen LogP contribution is -2.31. The normalized spacial score (nSPS) is 17.8. The molecule has 4 rings (SSSR count). The summed E-state index contributed by atoms with van der Waals surface area (Å²) in [6.45, 7) is 1.03. The van der Waals surface area contributed by atoms with Crippen molar-refractivity contribution in [2.24, 2.45) is 11.8 Å². The molecule has 8 heteroatoms. The van der Waals surface area contributed by atoms with E-state index in [1.807, 2.05) is 12.3 Å². The van der Waals surface area contributed by atoms with E-state index in [1.165, 1.54) is 25.7 Å². The SMILES string of the molecule is NNc1nc(N(CC2CC2)C2CC2)nc(-n2cccn2)n1. The molecule has 0 bridgehead atoms. The van der Waals surface area contributed by atoms with Gasteiger partial charge in [0.1, 0.15) is 0 Å². The van der Waals surface area contributed by atoms with E-state index >= 15 is 0 Å². The van der Waals surface area contributed by atoms with E-state index in [-0.39, 0.29) is 0 Å². The van der Waals surface area contributed by atoms with Crippen LogP contribution in [0.5, 0.6) is 0 Å². The number of hydrogen-bond acceptors (Lipinski definition) is 7. The van der Waals surface area contributed by atoms with Gasteiger partial charge in [0.15, 0.2) is 0 Å². The predicted octanol–water partition coefficient (Wildman–Crippen LogP) is 0.722. The smallest absolute Gasteiger partial charge is 0.257 e. The Bertz CT molecular complexity index is 617. The Labute approximate surface area is 122 Å². The van der Waals surface area contributed by atoms with Gasteiger partial charge in [-0.15, -0.1) is 0 Å². The molecule has 0 unspecified atom stereocenters. The summed E-state index contributed by atoms with van der Waals surface area (Å²) < 4.78 is 1.62. The minimum atomic E-state index is 0.368. The van der Waals surface area contributed by atoms with Crippen LogP contribution < -0.4 is 16.2 Å². The molecular weight excluding hydrogens is 268 g/mol. The summed E-state index contributed by atoms with van der Waals surface area (Å²) in [5.74, 6) is 7.82. The van der Waals surface area contributed by atoms with E-state index < -0.39 is 0 Å². The van der Waals surface area contributed by atoms with Gasteiger partial charge < -0.3 is 4.90 Å². The molecule has 2 aromatic heterocycles. The molecule has 110 valence electrons. The van der Waals surface area contributed by atoms with E-state index in [1.54, 1.807) is 10.9 Å². The number of aromatic nitrogens is 5. The Hall–Kier alpha value is -2.22. The highest BCUT2D eigenvalue weighted by Gasteiger charge is 2.35. The van der Waals surface area contributed by atoms with Crippen molar-refractivity contribution in [2.75, 3.05) is 16.9 Å². The standard InChI is InChI=1S/C13H18N8/c14-19-11-16-12(18-13(17-11)21-7-1-6-15-21)20(10-4-5-10)8-9-2-3-9/h1,6-7,9-10H,2-5,8,14H2,(H,16,17,18,19). The molecule has 2 aliphatic rings. The Kier molecular flexibility index (Phi) is 2.95.